The van der Waals surface area contributed by atoms with E-state index < -0.39 is 14.4 Å². The standard InChI is InChI=1S/C26H38BrNO3Si/c1-4-13-32(14-5-2,15-6-3)31-23-11-12-25(28-18-23)26(29)16-21-9-10-22(17-24(21)27)30-19-20-7-8-20/h9-12,17-18,20,26,29H,4-8,13-16,19H2,1-3H3. The molecule has 0 bridgehead atoms. The Labute approximate surface area is 203 Å². The molecule has 2 aromatic rings. The third kappa shape index (κ3) is 7.32. The minimum atomic E-state index is -1.79. The molecule has 1 aromatic heterocycles. The Morgan fingerprint density at radius 1 is 1.03 bits per heavy atom. The first-order chi connectivity index (χ1) is 15.5. The Hall–Kier alpha value is -1.37. The smallest absolute Gasteiger partial charge is 0.251 e. The monoisotopic (exact) mass is 519 g/mol. The number of benzene rings is 1. The van der Waals surface area contributed by atoms with Crippen molar-refractivity contribution in [1.82, 2.24) is 4.98 Å². The summed E-state index contributed by atoms with van der Waals surface area (Å²) < 4.78 is 13.4. The first-order valence-corrected chi connectivity index (χ1v) is 15.5. The first kappa shape index (κ1) is 25.3. The van der Waals surface area contributed by atoms with Gasteiger partial charge in [-0.3, -0.25) is 4.98 Å². The molecule has 1 fully saturated rings. The molecular weight excluding hydrogens is 482 g/mol. The molecule has 176 valence electrons. The van der Waals surface area contributed by atoms with Crippen LogP contribution in [0.1, 0.15) is 70.2 Å². The molecule has 1 saturated carbocycles. The zero-order chi connectivity index (χ0) is 23.0. The second kappa shape index (κ2) is 12.2. The van der Waals surface area contributed by atoms with Crippen LogP contribution in [0.3, 0.4) is 0 Å². The lowest BCUT2D eigenvalue weighted by Gasteiger charge is -2.31. The van der Waals surface area contributed by atoms with E-state index >= 15 is 0 Å². The van der Waals surface area contributed by atoms with Gasteiger partial charge in [-0.1, -0.05) is 62.0 Å². The summed E-state index contributed by atoms with van der Waals surface area (Å²) in [6.45, 7) is 7.54. The van der Waals surface area contributed by atoms with Gasteiger partial charge in [0, 0.05) is 10.9 Å². The highest BCUT2D eigenvalue weighted by molar-refractivity contribution is 9.10. The van der Waals surface area contributed by atoms with E-state index in [-0.39, 0.29) is 0 Å². The molecule has 32 heavy (non-hydrogen) atoms. The molecule has 1 unspecified atom stereocenters. The highest BCUT2D eigenvalue weighted by Gasteiger charge is 2.34. The summed E-state index contributed by atoms with van der Waals surface area (Å²) >= 11 is 3.63. The maximum absolute atomic E-state index is 10.8. The number of ether oxygens (including phenoxy) is 1. The van der Waals surface area contributed by atoms with E-state index in [1.807, 2.05) is 30.3 Å². The van der Waals surface area contributed by atoms with E-state index in [1.165, 1.54) is 31.0 Å². The van der Waals surface area contributed by atoms with Gasteiger partial charge in [-0.05, 0) is 66.7 Å². The maximum Gasteiger partial charge on any atom is 0.251 e. The van der Waals surface area contributed by atoms with Crippen LogP contribution in [0, 0.1) is 5.92 Å². The Morgan fingerprint density at radius 3 is 2.22 bits per heavy atom. The molecule has 1 aliphatic rings. The van der Waals surface area contributed by atoms with Crippen LogP contribution in [0.25, 0.3) is 0 Å². The predicted molar refractivity (Wildman–Crippen MR) is 137 cm³/mol. The lowest BCUT2D eigenvalue weighted by Crippen LogP contribution is -2.41. The number of halogens is 1. The van der Waals surface area contributed by atoms with Crippen LogP contribution in [0.4, 0.5) is 0 Å². The van der Waals surface area contributed by atoms with Crippen LogP contribution >= 0.6 is 15.9 Å². The lowest BCUT2D eigenvalue weighted by molar-refractivity contribution is 0.173. The SMILES string of the molecule is CCC[Si](CCC)(CCC)Oc1ccc(C(O)Cc2ccc(OCC3CC3)cc2Br)nc1. The normalized spacial score (nSPS) is 14.9. The van der Waals surface area contributed by atoms with Crippen molar-refractivity contribution in [1.29, 1.82) is 0 Å². The molecule has 0 radical (unpaired) electrons. The number of hydrogen-bond donors (Lipinski definition) is 1. The van der Waals surface area contributed by atoms with Crippen molar-refractivity contribution < 1.29 is 14.3 Å². The van der Waals surface area contributed by atoms with Gasteiger partial charge in [0.25, 0.3) is 8.32 Å². The van der Waals surface area contributed by atoms with Gasteiger partial charge in [-0.25, -0.2) is 0 Å². The number of aromatic nitrogens is 1. The van der Waals surface area contributed by atoms with E-state index in [9.17, 15) is 5.11 Å². The summed E-state index contributed by atoms with van der Waals surface area (Å²) in [6.07, 6.45) is 7.67. The summed E-state index contributed by atoms with van der Waals surface area (Å²) in [5.41, 5.74) is 1.71. The van der Waals surface area contributed by atoms with Crippen molar-refractivity contribution >= 4 is 24.2 Å². The molecule has 1 N–H and O–H groups in total. The Balaban J connectivity index is 1.62. The van der Waals surface area contributed by atoms with Gasteiger partial charge in [0.2, 0.25) is 0 Å². The number of nitrogens with zero attached hydrogens (tertiary/aromatic N) is 1. The number of rotatable bonds is 14. The fourth-order valence-electron chi connectivity index (χ4n) is 4.39. The second-order valence-electron chi connectivity index (χ2n) is 9.18. The van der Waals surface area contributed by atoms with E-state index in [2.05, 4.69) is 41.7 Å². The van der Waals surface area contributed by atoms with E-state index in [1.54, 1.807) is 6.20 Å². The summed E-state index contributed by atoms with van der Waals surface area (Å²) in [6, 6.07) is 13.5. The van der Waals surface area contributed by atoms with Crippen molar-refractivity contribution in [3.63, 3.8) is 0 Å². The van der Waals surface area contributed by atoms with E-state index in [0.717, 1.165) is 53.3 Å². The lowest BCUT2D eigenvalue weighted by atomic mass is 10.1. The summed E-state index contributed by atoms with van der Waals surface area (Å²) in [5.74, 6) is 2.45. The molecule has 6 heteroatoms. The van der Waals surface area contributed by atoms with Crippen LogP contribution in [0.5, 0.6) is 11.5 Å². The minimum absolute atomic E-state index is 0.497. The number of pyridine rings is 1. The van der Waals surface area contributed by atoms with Crippen molar-refractivity contribution in [2.24, 2.45) is 5.92 Å². The second-order valence-corrected chi connectivity index (χ2v) is 14.1. The highest BCUT2D eigenvalue weighted by atomic mass is 79.9. The first-order valence-electron chi connectivity index (χ1n) is 12.2. The highest BCUT2D eigenvalue weighted by Crippen LogP contribution is 2.32. The van der Waals surface area contributed by atoms with E-state index in [0.29, 0.717) is 12.1 Å². The predicted octanol–water partition coefficient (Wildman–Crippen LogP) is 7.46. The third-order valence-electron chi connectivity index (χ3n) is 6.17. The van der Waals surface area contributed by atoms with Crippen molar-refractivity contribution in [3.8, 4) is 11.5 Å². The summed E-state index contributed by atoms with van der Waals surface area (Å²) in [7, 11) is -1.79. The molecule has 4 nitrogen and oxygen atoms in total. The van der Waals surface area contributed by atoms with Gasteiger partial charge in [-0.15, -0.1) is 0 Å². The molecule has 1 heterocycles. The van der Waals surface area contributed by atoms with Crippen molar-refractivity contribution in [2.75, 3.05) is 6.61 Å². The molecule has 0 amide bonds. The van der Waals surface area contributed by atoms with Crippen LogP contribution in [0.2, 0.25) is 18.1 Å². The Kier molecular flexibility index (Phi) is 9.62. The van der Waals surface area contributed by atoms with Gasteiger partial charge in [0.15, 0.2) is 0 Å². The summed E-state index contributed by atoms with van der Waals surface area (Å²) in [4.78, 5) is 4.55. The quantitative estimate of drug-likeness (QED) is 0.263. The fraction of sp³-hybridized carbons (Fsp3) is 0.577. The Bertz CT molecular complexity index is 824. The zero-order valence-electron chi connectivity index (χ0n) is 19.8. The average molecular weight is 521 g/mol. The average Bonchev–Trinajstić information content (AvgIpc) is 3.59. The molecule has 1 aromatic carbocycles. The maximum atomic E-state index is 10.8. The van der Waals surface area contributed by atoms with Gasteiger partial charge >= 0.3 is 0 Å². The van der Waals surface area contributed by atoms with Crippen LogP contribution in [-0.4, -0.2) is 25.0 Å². The number of aliphatic hydroxyl groups excluding tert-OH is 1. The number of hydrogen-bond acceptors (Lipinski definition) is 4. The topological polar surface area (TPSA) is 51.6 Å². The molecule has 0 saturated heterocycles. The summed E-state index contributed by atoms with van der Waals surface area (Å²) in [5, 5.41) is 10.8. The van der Waals surface area contributed by atoms with Crippen LogP contribution < -0.4 is 9.16 Å². The molecule has 3 rings (SSSR count). The molecule has 1 aliphatic carbocycles. The molecular formula is C26H38BrNO3Si. The molecule has 0 spiro atoms. The van der Waals surface area contributed by atoms with Crippen molar-refractivity contribution in [3.05, 3.63) is 52.3 Å². The van der Waals surface area contributed by atoms with Gasteiger partial charge in [-0.2, -0.15) is 0 Å². The van der Waals surface area contributed by atoms with Gasteiger partial charge < -0.3 is 14.3 Å². The third-order valence-corrected chi connectivity index (χ3v) is 11.8. The van der Waals surface area contributed by atoms with E-state index in [4.69, 9.17) is 9.16 Å². The fourth-order valence-corrected chi connectivity index (χ4v) is 9.32. The largest absolute Gasteiger partial charge is 0.542 e. The van der Waals surface area contributed by atoms with Gasteiger partial charge in [0.1, 0.15) is 11.5 Å². The molecule has 0 aliphatic heterocycles. The Morgan fingerprint density at radius 2 is 1.69 bits per heavy atom. The minimum Gasteiger partial charge on any atom is -0.542 e. The number of aliphatic hydroxyl groups is 1. The van der Waals surface area contributed by atoms with Crippen LogP contribution in [-0.2, 0) is 6.42 Å². The van der Waals surface area contributed by atoms with Gasteiger partial charge in [0.05, 0.1) is 24.6 Å². The van der Waals surface area contributed by atoms with Crippen molar-refractivity contribution in [2.45, 2.75) is 83.5 Å². The molecule has 1 atom stereocenters. The zero-order valence-corrected chi connectivity index (χ0v) is 22.4. The van der Waals surface area contributed by atoms with Crippen LogP contribution in [0.15, 0.2) is 41.0 Å².